The van der Waals surface area contributed by atoms with Crippen molar-refractivity contribution in [3.63, 3.8) is 0 Å². The normalized spacial score (nSPS) is 17.9. The first-order chi connectivity index (χ1) is 7.27. The third-order valence-electron chi connectivity index (χ3n) is 2.97. The van der Waals surface area contributed by atoms with Crippen molar-refractivity contribution in [3.8, 4) is 0 Å². The Kier molecular flexibility index (Phi) is 3.10. The maximum atomic E-state index is 5.69. The van der Waals surface area contributed by atoms with Crippen LogP contribution in [0.2, 0.25) is 0 Å². The Hall–Kier alpha value is -1.24. The van der Waals surface area contributed by atoms with Crippen LogP contribution in [0.15, 0.2) is 36.1 Å². The van der Waals surface area contributed by atoms with Gasteiger partial charge < -0.3 is 4.74 Å². The predicted molar refractivity (Wildman–Crippen MR) is 62.9 cm³/mol. The van der Waals surface area contributed by atoms with Crippen molar-refractivity contribution in [1.29, 1.82) is 0 Å². The van der Waals surface area contributed by atoms with E-state index in [9.17, 15) is 0 Å². The van der Waals surface area contributed by atoms with Crippen molar-refractivity contribution in [2.24, 2.45) is 0 Å². The van der Waals surface area contributed by atoms with Gasteiger partial charge in [-0.25, -0.2) is 0 Å². The van der Waals surface area contributed by atoms with Gasteiger partial charge in [-0.15, -0.1) is 0 Å². The van der Waals surface area contributed by atoms with Crippen LogP contribution in [0.5, 0.6) is 0 Å². The third kappa shape index (κ3) is 2.41. The van der Waals surface area contributed by atoms with Crippen LogP contribution in [0.1, 0.15) is 36.8 Å². The number of hydrogen-bond donors (Lipinski definition) is 0. The number of allylic oxidation sites excluding steroid dienone is 2. The Balaban J connectivity index is 2.16. The summed E-state index contributed by atoms with van der Waals surface area (Å²) in [5, 5.41) is 0. The Morgan fingerprint density at radius 3 is 2.53 bits per heavy atom. The molecule has 0 radical (unpaired) electrons. The largest absolute Gasteiger partial charge is 0.498 e. The first-order valence-corrected chi connectivity index (χ1v) is 5.67. The molecule has 0 saturated heterocycles. The molecule has 0 aliphatic carbocycles. The van der Waals surface area contributed by atoms with E-state index in [0.717, 1.165) is 25.2 Å². The summed E-state index contributed by atoms with van der Waals surface area (Å²) in [6, 6.07) is 8.71. The van der Waals surface area contributed by atoms with Crippen molar-refractivity contribution in [2.75, 3.05) is 6.61 Å². The molecule has 1 heterocycles. The van der Waals surface area contributed by atoms with Gasteiger partial charge in [-0.05, 0) is 31.4 Å². The second-order valence-corrected chi connectivity index (χ2v) is 4.23. The van der Waals surface area contributed by atoms with Crippen molar-refractivity contribution >= 4 is 0 Å². The van der Waals surface area contributed by atoms with Crippen LogP contribution >= 0.6 is 0 Å². The van der Waals surface area contributed by atoms with E-state index in [1.807, 2.05) is 0 Å². The molecule has 1 nitrogen and oxygen atoms in total. The van der Waals surface area contributed by atoms with Gasteiger partial charge in [0.1, 0.15) is 0 Å². The SMILES string of the molecule is Cc1ccc(C(C)C2=CCCCO2)cc1. The van der Waals surface area contributed by atoms with Crippen LogP contribution in [0.3, 0.4) is 0 Å². The zero-order chi connectivity index (χ0) is 10.7. The van der Waals surface area contributed by atoms with Gasteiger partial charge in [-0.2, -0.15) is 0 Å². The Morgan fingerprint density at radius 2 is 1.93 bits per heavy atom. The van der Waals surface area contributed by atoms with E-state index in [0.29, 0.717) is 5.92 Å². The van der Waals surface area contributed by atoms with E-state index in [2.05, 4.69) is 44.2 Å². The van der Waals surface area contributed by atoms with Gasteiger partial charge in [0, 0.05) is 5.92 Å². The Labute approximate surface area is 91.8 Å². The van der Waals surface area contributed by atoms with E-state index >= 15 is 0 Å². The standard InChI is InChI=1S/C14H18O/c1-11-6-8-13(9-7-11)12(2)14-5-3-4-10-15-14/h5-9,12H,3-4,10H2,1-2H3. The van der Waals surface area contributed by atoms with E-state index in [-0.39, 0.29) is 0 Å². The van der Waals surface area contributed by atoms with Crippen LogP contribution in [-0.2, 0) is 4.74 Å². The van der Waals surface area contributed by atoms with Gasteiger partial charge in [-0.1, -0.05) is 36.8 Å². The minimum atomic E-state index is 0.394. The summed E-state index contributed by atoms with van der Waals surface area (Å²) in [6.07, 6.45) is 4.55. The molecule has 1 aliphatic heterocycles. The molecule has 0 saturated carbocycles. The van der Waals surface area contributed by atoms with E-state index in [4.69, 9.17) is 4.74 Å². The molecular formula is C14H18O. The zero-order valence-electron chi connectivity index (χ0n) is 9.49. The summed E-state index contributed by atoms with van der Waals surface area (Å²) in [5.74, 6) is 1.54. The summed E-state index contributed by atoms with van der Waals surface area (Å²) < 4.78 is 5.69. The maximum Gasteiger partial charge on any atom is 0.0991 e. The lowest BCUT2D eigenvalue weighted by atomic mass is 9.96. The lowest BCUT2D eigenvalue weighted by Crippen LogP contribution is -2.07. The third-order valence-corrected chi connectivity index (χ3v) is 2.97. The van der Waals surface area contributed by atoms with E-state index in [1.54, 1.807) is 0 Å². The Morgan fingerprint density at radius 1 is 1.20 bits per heavy atom. The molecule has 0 aromatic heterocycles. The average Bonchev–Trinajstić information content (AvgIpc) is 2.30. The molecule has 0 amide bonds. The van der Waals surface area contributed by atoms with Gasteiger partial charge in [0.25, 0.3) is 0 Å². The molecule has 0 fully saturated rings. The molecule has 1 unspecified atom stereocenters. The van der Waals surface area contributed by atoms with Crippen molar-refractivity contribution in [1.82, 2.24) is 0 Å². The molecule has 1 aromatic carbocycles. The molecule has 1 aliphatic rings. The molecule has 0 spiro atoms. The van der Waals surface area contributed by atoms with Gasteiger partial charge in [0.2, 0.25) is 0 Å². The maximum absolute atomic E-state index is 5.69. The van der Waals surface area contributed by atoms with Crippen LogP contribution in [0, 0.1) is 6.92 Å². The van der Waals surface area contributed by atoms with Gasteiger partial charge in [0.15, 0.2) is 0 Å². The van der Waals surface area contributed by atoms with Crippen molar-refractivity contribution in [3.05, 3.63) is 47.2 Å². The number of rotatable bonds is 2. The molecule has 1 heteroatoms. The number of hydrogen-bond acceptors (Lipinski definition) is 1. The Bertz CT molecular complexity index is 348. The topological polar surface area (TPSA) is 9.23 Å². The number of aryl methyl sites for hydroxylation is 1. The number of benzene rings is 1. The molecule has 1 atom stereocenters. The first-order valence-electron chi connectivity index (χ1n) is 5.67. The van der Waals surface area contributed by atoms with Gasteiger partial charge in [0.05, 0.1) is 12.4 Å². The quantitative estimate of drug-likeness (QED) is 0.709. The second kappa shape index (κ2) is 4.52. The fraction of sp³-hybridized carbons (Fsp3) is 0.429. The smallest absolute Gasteiger partial charge is 0.0991 e. The zero-order valence-corrected chi connectivity index (χ0v) is 9.49. The molecule has 80 valence electrons. The van der Waals surface area contributed by atoms with Crippen molar-refractivity contribution < 1.29 is 4.74 Å². The highest BCUT2D eigenvalue weighted by Crippen LogP contribution is 2.27. The lowest BCUT2D eigenvalue weighted by molar-refractivity contribution is 0.178. The highest BCUT2D eigenvalue weighted by Gasteiger charge is 2.14. The van der Waals surface area contributed by atoms with E-state index < -0.39 is 0 Å². The molecule has 0 N–H and O–H groups in total. The number of ether oxygens (including phenoxy) is 1. The summed E-state index contributed by atoms with van der Waals surface area (Å²) in [7, 11) is 0. The highest BCUT2D eigenvalue weighted by atomic mass is 16.5. The minimum Gasteiger partial charge on any atom is -0.498 e. The predicted octanol–water partition coefficient (Wildman–Crippen LogP) is 3.79. The van der Waals surface area contributed by atoms with Crippen LogP contribution in [0.4, 0.5) is 0 Å². The average molecular weight is 202 g/mol. The van der Waals surface area contributed by atoms with Gasteiger partial charge >= 0.3 is 0 Å². The minimum absolute atomic E-state index is 0.394. The second-order valence-electron chi connectivity index (χ2n) is 4.23. The molecule has 0 bridgehead atoms. The fourth-order valence-electron chi connectivity index (χ4n) is 1.90. The van der Waals surface area contributed by atoms with Crippen LogP contribution in [-0.4, -0.2) is 6.61 Å². The van der Waals surface area contributed by atoms with Crippen LogP contribution in [0.25, 0.3) is 0 Å². The summed E-state index contributed by atoms with van der Waals surface area (Å²) in [6.45, 7) is 5.20. The van der Waals surface area contributed by atoms with Gasteiger partial charge in [-0.3, -0.25) is 0 Å². The molecular weight excluding hydrogens is 184 g/mol. The van der Waals surface area contributed by atoms with Crippen LogP contribution < -0.4 is 0 Å². The highest BCUT2D eigenvalue weighted by molar-refractivity contribution is 5.29. The molecule has 15 heavy (non-hydrogen) atoms. The van der Waals surface area contributed by atoms with E-state index in [1.165, 1.54) is 11.1 Å². The summed E-state index contributed by atoms with van der Waals surface area (Å²) in [4.78, 5) is 0. The molecule has 2 rings (SSSR count). The summed E-state index contributed by atoms with van der Waals surface area (Å²) >= 11 is 0. The molecule has 1 aromatic rings. The fourth-order valence-corrected chi connectivity index (χ4v) is 1.90. The van der Waals surface area contributed by atoms with Crippen molar-refractivity contribution in [2.45, 2.75) is 32.6 Å². The first kappa shape index (κ1) is 10.3. The lowest BCUT2D eigenvalue weighted by Gasteiger charge is -2.21. The summed E-state index contributed by atoms with van der Waals surface area (Å²) in [5.41, 5.74) is 2.65. The monoisotopic (exact) mass is 202 g/mol.